The minimum Gasteiger partial charge on any atom is -0.380 e. The van der Waals surface area contributed by atoms with Crippen LogP contribution in [-0.4, -0.2) is 31.5 Å². The van der Waals surface area contributed by atoms with Crippen molar-refractivity contribution in [3.05, 3.63) is 71.3 Å². The summed E-state index contributed by atoms with van der Waals surface area (Å²) in [5.74, 6) is 0.0732. The molecule has 1 aliphatic carbocycles. The van der Waals surface area contributed by atoms with Crippen LogP contribution in [0.15, 0.2) is 54.6 Å². The number of ether oxygens (including phenoxy) is 1. The Bertz CT molecular complexity index is 858. The molecule has 0 saturated heterocycles. The number of nitrogens with one attached hydrogen (secondary N) is 2. The summed E-state index contributed by atoms with van der Waals surface area (Å²) in [6.07, 6.45) is 5.13. The van der Waals surface area contributed by atoms with Crippen molar-refractivity contribution in [2.75, 3.05) is 13.7 Å². The van der Waals surface area contributed by atoms with Gasteiger partial charge in [0.2, 0.25) is 5.91 Å². The van der Waals surface area contributed by atoms with Crippen molar-refractivity contribution < 1.29 is 14.3 Å². The van der Waals surface area contributed by atoms with Crippen molar-refractivity contribution in [2.45, 2.75) is 63.5 Å². The first-order valence-corrected chi connectivity index (χ1v) is 11.3. The first-order valence-electron chi connectivity index (χ1n) is 11.3. The molecule has 0 heterocycles. The Morgan fingerprint density at radius 2 is 1.71 bits per heavy atom. The predicted molar refractivity (Wildman–Crippen MR) is 123 cm³/mol. The van der Waals surface area contributed by atoms with E-state index in [1.54, 1.807) is 7.11 Å². The Morgan fingerprint density at radius 3 is 2.39 bits per heavy atom. The highest BCUT2D eigenvalue weighted by Gasteiger charge is 2.37. The van der Waals surface area contributed by atoms with Crippen LogP contribution in [0.25, 0.3) is 0 Å². The monoisotopic (exact) mass is 422 g/mol. The number of rotatable bonds is 9. The quantitative estimate of drug-likeness (QED) is 0.631. The summed E-state index contributed by atoms with van der Waals surface area (Å²) in [6, 6.07) is 18.2. The molecule has 2 aromatic rings. The molecule has 0 aliphatic heterocycles. The van der Waals surface area contributed by atoms with E-state index in [1.807, 2.05) is 37.3 Å². The lowest BCUT2D eigenvalue weighted by atomic mass is 9.68. The molecule has 0 atom stereocenters. The third kappa shape index (κ3) is 5.95. The lowest BCUT2D eigenvalue weighted by molar-refractivity contribution is -0.122. The number of hydrogen-bond donors (Lipinski definition) is 2. The third-order valence-electron chi connectivity index (χ3n) is 6.32. The van der Waals surface area contributed by atoms with Gasteiger partial charge in [0.25, 0.3) is 5.91 Å². The first-order chi connectivity index (χ1) is 15.1. The molecule has 2 N–H and O–H groups in total. The largest absolute Gasteiger partial charge is 0.380 e. The maximum Gasteiger partial charge on any atom is 0.251 e. The molecule has 5 nitrogen and oxygen atoms in total. The fraction of sp³-hybridized carbons (Fsp3) is 0.462. The molecule has 0 spiro atoms. The van der Waals surface area contributed by atoms with Gasteiger partial charge in [0.05, 0.1) is 6.61 Å². The van der Waals surface area contributed by atoms with E-state index in [0.29, 0.717) is 25.1 Å². The predicted octanol–water partition coefficient (Wildman–Crippen LogP) is 4.36. The van der Waals surface area contributed by atoms with Gasteiger partial charge in [0, 0.05) is 37.1 Å². The molecule has 1 saturated carbocycles. The summed E-state index contributed by atoms with van der Waals surface area (Å²) in [5, 5.41) is 6.38. The molecule has 2 amide bonds. The van der Waals surface area contributed by atoms with Gasteiger partial charge in [-0.3, -0.25) is 9.59 Å². The average molecular weight is 423 g/mol. The van der Waals surface area contributed by atoms with Crippen molar-refractivity contribution in [1.29, 1.82) is 0 Å². The van der Waals surface area contributed by atoms with Gasteiger partial charge >= 0.3 is 0 Å². The number of hydrogen-bond acceptors (Lipinski definition) is 3. The maximum absolute atomic E-state index is 13.0. The summed E-state index contributed by atoms with van der Waals surface area (Å²) in [5.41, 5.74) is 2.67. The number of methoxy groups -OCH3 is 1. The second-order valence-electron chi connectivity index (χ2n) is 8.51. The Labute approximate surface area is 185 Å². The van der Waals surface area contributed by atoms with E-state index >= 15 is 0 Å². The number of carbonyl (C=O) groups is 2. The molecule has 2 aromatic carbocycles. The summed E-state index contributed by atoms with van der Waals surface area (Å²) in [4.78, 5) is 25.0. The van der Waals surface area contributed by atoms with Crippen molar-refractivity contribution in [2.24, 2.45) is 0 Å². The van der Waals surface area contributed by atoms with Gasteiger partial charge in [-0.15, -0.1) is 0 Å². The molecule has 1 fully saturated rings. The molecule has 3 rings (SSSR count). The van der Waals surface area contributed by atoms with Crippen LogP contribution >= 0.6 is 0 Å². The van der Waals surface area contributed by atoms with E-state index < -0.39 is 0 Å². The second kappa shape index (κ2) is 11.1. The van der Waals surface area contributed by atoms with Crippen molar-refractivity contribution >= 4 is 11.8 Å². The van der Waals surface area contributed by atoms with E-state index in [9.17, 15) is 9.59 Å². The molecule has 5 heteroatoms. The Morgan fingerprint density at radius 1 is 1.03 bits per heavy atom. The lowest BCUT2D eigenvalue weighted by Gasteiger charge is -2.41. The molecular weight excluding hydrogens is 388 g/mol. The number of benzene rings is 2. The number of carbonyl (C=O) groups excluding carboxylic acids is 2. The van der Waals surface area contributed by atoms with Gasteiger partial charge in [0.1, 0.15) is 0 Å². The van der Waals surface area contributed by atoms with Crippen LogP contribution in [0, 0.1) is 0 Å². The van der Waals surface area contributed by atoms with Crippen LogP contribution in [0.5, 0.6) is 0 Å². The van der Waals surface area contributed by atoms with Crippen LogP contribution in [0.3, 0.4) is 0 Å². The zero-order valence-corrected chi connectivity index (χ0v) is 18.7. The van der Waals surface area contributed by atoms with Gasteiger partial charge in [-0.25, -0.2) is 0 Å². The third-order valence-corrected chi connectivity index (χ3v) is 6.32. The van der Waals surface area contributed by atoms with Gasteiger partial charge < -0.3 is 15.4 Å². The molecule has 0 radical (unpaired) electrons. The highest BCUT2D eigenvalue weighted by atomic mass is 16.5. The minimum absolute atomic E-state index is 0.0682. The lowest BCUT2D eigenvalue weighted by Crippen LogP contribution is -2.47. The molecule has 0 bridgehead atoms. The van der Waals surface area contributed by atoms with E-state index in [4.69, 9.17) is 4.74 Å². The summed E-state index contributed by atoms with van der Waals surface area (Å²) < 4.78 is 5.25. The van der Waals surface area contributed by atoms with Gasteiger partial charge in [-0.2, -0.15) is 0 Å². The van der Waals surface area contributed by atoms with E-state index in [-0.39, 0.29) is 23.3 Å². The molecule has 1 aliphatic rings. The molecule has 0 aromatic heterocycles. The fourth-order valence-corrected chi connectivity index (χ4v) is 4.57. The fourth-order valence-electron chi connectivity index (χ4n) is 4.57. The van der Waals surface area contributed by atoms with Gasteiger partial charge in [0.15, 0.2) is 0 Å². The van der Waals surface area contributed by atoms with Crippen LogP contribution in [0.1, 0.15) is 66.9 Å². The van der Waals surface area contributed by atoms with Crippen molar-refractivity contribution in [3.8, 4) is 0 Å². The maximum atomic E-state index is 13.0. The standard InChI is InChI=1S/C26H34N2O3/c1-3-9-24(29)28-22-14-16-26(17-15-22,21-11-5-4-6-12-21)19-27-25(30)23-13-8-7-10-20(23)18-31-2/h4-8,10-13,22H,3,9,14-19H2,1-2H3,(H,27,30)(H,28,29). The van der Waals surface area contributed by atoms with Crippen LogP contribution in [0.2, 0.25) is 0 Å². The van der Waals surface area contributed by atoms with Gasteiger partial charge in [-0.1, -0.05) is 55.5 Å². The van der Waals surface area contributed by atoms with E-state index in [2.05, 4.69) is 34.9 Å². The highest BCUT2D eigenvalue weighted by molar-refractivity contribution is 5.95. The average Bonchev–Trinajstić information content (AvgIpc) is 2.80. The normalized spacial score (nSPS) is 20.8. The minimum atomic E-state index is -0.126. The number of amides is 2. The smallest absolute Gasteiger partial charge is 0.251 e. The molecular formula is C26H34N2O3. The van der Waals surface area contributed by atoms with Crippen molar-refractivity contribution in [1.82, 2.24) is 10.6 Å². The zero-order valence-electron chi connectivity index (χ0n) is 18.7. The molecule has 166 valence electrons. The van der Waals surface area contributed by atoms with Crippen LogP contribution in [0.4, 0.5) is 0 Å². The topological polar surface area (TPSA) is 67.4 Å². The zero-order chi connectivity index (χ0) is 22.1. The van der Waals surface area contributed by atoms with Gasteiger partial charge in [-0.05, 0) is 49.3 Å². The van der Waals surface area contributed by atoms with Crippen molar-refractivity contribution in [3.63, 3.8) is 0 Å². The van der Waals surface area contributed by atoms with E-state index in [1.165, 1.54) is 5.56 Å². The summed E-state index contributed by atoms with van der Waals surface area (Å²) >= 11 is 0. The molecule has 0 unspecified atom stereocenters. The van der Waals surface area contributed by atoms with Crippen LogP contribution < -0.4 is 10.6 Å². The van der Waals surface area contributed by atoms with E-state index in [0.717, 1.165) is 37.7 Å². The summed E-state index contributed by atoms with van der Waals surface area (Å²) in [7, 11) is 1.64. The Balaban J connectivity index is 1.71. The first kappa shape index (κ1) is 23.0. The van der Waals surface area contributed by atoms with Crippen LogP contribution in [-0.2, 0) is 21.6 Å². The highest BCUT2D eigenvalue weighted by Crippen LogP contribution is 2.39. The summed E-state index contributed by atoms with van der Waals surface area (Å²) in [6.45, 7) is 3.01. The Kier molecular flexibility index (Phi) is 8.24. The molecule has 31 heavy (non-hydrogen) atoms. The second-order valence-corrected chi connectivity index (χ2v) is 8.51. The SMILES string of the molecule is CCCC(=O)NC1CCC(CNC(=O)c2ccccc2COC)(c2ccccc2)CC1. The Hall–Kier alpha value is -2.66.